The van der Waals surface area contributed by atoms with Gasteiger partial charge in [0, 0.05) is 12.8 Å². The highest BCUT2D eigenvalue weighted by molar-refractivity contribution is 6.26. The number of quaternary nitrogens is 1. The summed E-state index contributed by atoms with van der Waals surface area (Å²) < 4.78 is 12.5. The van der Waals surface area contributed by atoms with Gasteiger partial charge in [-0.1, -0.05) is 18.2 Å². The first kappa shape index (κ1) is 37.0. The number of fused-ring (bicyclic) bond motifs is 1. The van der Waals surface area contributed by atoms with Gasteiger partial charge in [0.15, 0.2) is 23.4 Å². The molecular weight excluding hydrogens is 558 g/mol. The minimum atomic E-state index is -2.07. The van der Waals surface area contributed by atoms with E-state index in [1.54, 1.807) is 25.1 Å². The minimum absolute atomic E-state index is 0. The van der Waals surface area contributed by atoms with Gasteiger partial charge in [0.1, 0.15) is 10.9 Å². The fourth-order valence-corrected chi connectivity index (χ4v) is 3.66. The molecule has 0 spiro atoms. The average Bonchev–Trinajstić information content (AvgIpc) is 2.96. The minimum Gasteiger partial charge on any atom is -0.539 e. The van der Waals surface area contributed by atoms with Crippen LogP contribution in [0.25, 0.3) is 10.9 Å². The summed E-state index contributed by atoms with van der Waals surface area (Å²) in [5.41, 5.74) is 2.20. The van der Waals surface area contributed by atoms with Gasteiger partial charge in [-0.05, 0) is 36.8 Å². The molecule has 3 aromatic rings. The first-order valence-electron chi connectivity index (χ1n) is 12.4. The molecule has 0 aliphatic carbocycles. The van der Waals surface area contributed by atoms with Gasteiger partial charge in [-0.15, -0.1) is 0 Å². The monoisotopic (exact) mass is 593 g/mol. The molecule has 0 fully saturated rings. The van der Waals surface area contributed by atoms with E-state index in [-0.39, 0.29) is 11.0 Å². The zero-order valence-electron chi connectivity index (χ0n) is 23.4. The topological polar surface area (TPSA) is 245 Å². The average molecular weight is 594 g/mol. The molecule has 15 nitrogen and oxygen atoms in total. The van der Waals surface area contributed by atoms with Gasteiger partial charge in [-0.25, -0.2) is 19.4 Å². The maximum atomic E-state index is 12.6. The standard InChI is InChI=1S/C23H29N3O3.2C2H2O4.H2O/c1-4-25(15-12-18-10-11-21(28-2)22(16-18)29-3)13-7-14-26-17-24-20-9-6-5-8-19(20)23(26)27;2*3-1(4)2(5)6;/h5-6,8-11,16-17H,4,7,12-15H2,1-3H3;2*(H,3,4)(H,5,6);1H2. The van der Waals surface area contributed by atoms with Crippen molar-refractivity contribution in [3.8, 4) is 11.5 Å². The first-order chi connectivity index (χ1) is 19.4. The number of benzene rings is 2. The van der Waals surface area contributed by atoms with Crippen LogP contribution in [0, 0.1) is 0 Å². The summed E-state index contributed by atoms with van der Waals surface area (Å²) in [7, 11) is 3.32. The summed E-state index contributed by atoms with van der Waals surface area (Å²) in [4.78, 5) is 53.4. The quantitative estimate of drug-likeness (QED) is 0.192. The van der Waals surface area contributed by atoms with Gasteiger partial charge in [-0.3, -0.25) is 0 Å². The molecule has 1 aromatic heterocycles. The second kappa shape index (κ2) is 19.1. The Morgan fingerprint density at radius 3 is 2.02 bits per heavy atom. The van der Waals surface area contributed by atoms with E-state index < -0.39 is 23.9 Å². The second-order valence-electron chi connectivity index (χ2n) is 8.40. The number of carbonyl (C=O) groups is 4. The Bertz CT molecular complexity index is 1340. The lowest BCUT2D eigenvalue weighted by molar-refractivity contribution is -0.898. The molecule has 1 unspecified atom stereocenters. The van der Waals surface area contributed by atoms with Crippen molar-refractivity contribution in [3.63, 3.8) is 0 Å². The molecule has 230 valence electrons. The van der Waals surface area contributed by atoms with Gasteiger partial charge >= 0.3 is 17.5 Å². The van der Waals surface area contributed by atoms with Gasteiger partial charge < -0.3 is 49.9 Å². The smallest absolute Gasteiger partial charge is 0.351 e. The van der Waals surface area contributed by atoms with Crippen LogP contribution in [0.1, 0.15) is 18.9 Å². The summed E-state index contributed by atoms with van der Waals surface area (Å²) in [5.74, 6) is -6.49. The number of aryl methyl sites for hydroxylation is 1. The molecule has 1 atom stereocenters. The van der Waals surface area contributed by atoms with Gasteiger partial charge in [0.2, 0.25) is 6.33 Å². The summed E-state index contributed by atoms with van der Waals surface area (Å²) in [6.45, 7) is 6.07. The van der Waals surface area contributed by atoms with Crippen molar-refractivity contribution in [1.82, 2.24) is 4.57 Å². The molecule has 0 aliphatic rings. The maximum absolute atomic E-state index is 12.6. The van der Waals surface area contributed by atoms with Crippen LogP contribution in [0.4, 0.5) is 0 Å². The van der Waals surface area contributed by atoms with Gasteiger partial charge in [-0.2, -0.15) is 4.57 Å². The molecule has 0 saturated heterocycles. The van der Waals surface area contributed by atoms with Crippen molar-refractivity contribution >= 4 is 34.8 Å². The normalized spacial score (nSPS) is 10.5. The molecule has 0 saturated carbocycles. The number of carboxylic acid groups (broad SMARTS) is 4. The molecule has 15 heteroatoms. The number of nitrogens with one attached hydrogen (secondary N) is 2. The van der Waals surface area contributed by atoms with E-state index in [0.29, 0.717) is 0 Å². The molecule has 6 N–H and O–H groups in total. The number of hydrogen-bond acceptors (Lipinski definition) is 9. The van der Waals surface area contributed by atoms with Crippen LogP contribution in [-0.4, -0.2) is 78.0 Å². The zero-order valence-corrected chi connectivity index (χ0v) is 23.4. The third-order valence-electron chi connectivity index (χ3n) is 5.79. The molecule has 0 bridgehead atoms. The highest BCUT2D eigenvalue weighted by atomic mass is 16.5. The molecule has 0 amide bonds. The maximum Gasteiger partial charge on any atom is 0.351 e. The number of ether oxygens (including phenoxy) is 2. The number of H-pyrrole nitrogens is 1. The predicted molar refractivity (Wildman–Crippen MR) is 143 cm³/mol. The Morgan fingerprint density at radius 1 is 0.929 bits per heavy atom. The van der Waals surface area contributed by atoms with Crippen molar-refractivity contribution in [2.75, 3.05) is 33.9 Å². The molecule has 0 radical (unpaired) electrons. The molecule has 2 aromatic carbocycles. The number of para-hydroxylation sites is 1. The third kappa shape index (κ3) is 12.4. The fraction of sp³-hybridized carbons (Fsp3) is 0.333. The summed E-state index contributed by atoms with van der Waals surface area (Å²) in [6.07, 6.45) is 3.73. The van der Waals surface area contributed by atoms with Gasteiger partial charge in [0.05, 0.1) is 40.4 Å². The Hall–Kier alpha value is -5.02. The number of likely N-dealkylation sites (N-methyl/N-ethyl adjacent to an activating group) is 1. The Kier molecular flexibility index (Phi) is 16.8. The van der Waals surface area contributed by atoms with E-state index in [4.69, 9.17) is 49.1 Å². The van der Waals surface area contributed by atoms with Crippen molar-refractivity contribution in [2.24, 2.45) is 0 Å². The van der Waals surface area contributed by atoms with Crippen LogP contribution in [0.15, 0.2) is 53.6 Å². The van der Waals surface area contributed by atoms with E-state index in [0.717, 1.165) is 61.4 Å². The molecule has 42 heavy (non-hydrogen) atoms. The largest absolute Gasteiger partial charge is 0.539 e. The Labute approximate surface area is 240 Å². The van der Waals surface area contributed by atoms with Crippen LogP contribution in [-0.2, 0) is 32.1 Å². The highest BCUT2D eigenvalue weighted by Gasteiger charge is 2.12. The number of nitrogens with zero attached hydrogens (tertiary/aromatic N) is 1. The van der Waals surface area contributed by atoms with Crippen molar-refractivity contribution in [1.29, 1.82) is 0 Å². The van der Waals surface area contributed by atoms with E-state index in [1.165, 1.54) is 10.5 Å². The Morgan fingerprint density at radius 2 is 1.50 bits per heavy atom. The van der Waals surface area contributed by atoms with Gasteiger partial charge in [0.25, 0.3) is 0 Å². The molecule has 0 aliphatic heterocycles. The number of aliphatic carboxylic acids is 4. The number of hydrogen-bond donors (Lipinski definition) is 3. The number of carbonyl (C=O) groups excluding carboxylic acids is 2. The van der Waals surface area contributed by atoms with Crippen molar-refractivity contribution in [3.05, 3.63) is 64.7 Å². The summed E-state index contributed by atoms with van der Waals surface area (Å²) in [6, 6.07) is 13.7. The highest BCUT2D eigenvalue weighted by Crippen LogP contribution is 2.27. The number of aromatic nitrogens is 2. The van der Waals surface area contributed by atoms with Crippen LogP contribution in [0.3, 0.4) is 0 Å². The lowest BCUT2D eigenvalue weighted by Crippen LogP contribution is -3.12. The van der Waals surface area contributed by atoms with Crippen LogP contribution >= 0.6 is 0 Å². The third-order valence-corrected chi connectivity index (χ3v) is 5.79. The second-order valence-corrected chi connectivity index (χ2v) is 8.40. The van der Waals surface area contributed by atoms with E-state index >= 15 is 0 Å². The fourth-order valence-electron chi connectivity index (χ4n) is 3.66. The summed E-state index contributed by atoms with van der Waals surface area (Å²) >= 11 is 0. The van der Waals surface area contributed by atoms with Crippen LogP contribution in [0.5, 0.6) is 11.5 Å². The van der Waals surface area contributed by atoms with Crippen molar-refractivity contribution in [2.45, 2.75) is 26.3 Å². The predicted octanol–water partition coefficient (Wildman–Crippen LogP) is -3.81. The molecule has 1 heterocycles. The van der Waals surface area contributed by atoms with Crippen molar-refractivity contribution < 1.29 is 64.4 Å². The van der Waals surface area contributed by atoms with E-state index in [2.05, 4.69) is 24.0 Å². The van der Waals surface area contributed by atoms with E-state index in [9.17, 15) is 4.79 Å². The van der Waals surface area contributed by atoms with Crippen LogP contribution in [0.2, 0.25) is 0 Å². The van der Waals surface area contributed by atoms with E-state index in [1.807, 2.05) is 30.3 Å². The number of methoxy groups -OCH3 is 2. The summed E-state index contributed by atoms with van der Waals surface area (Å²) in [5, 5.41) is 33.4. The lowest BCUT2D eigenvalue weighted by atomic mass is 10.1. The molecule has 3 rings (SSSR count). The van der Waals surface area contributed by atoms with Crippen LogP contribution < -0.4 is 35.1 Å². The lowest BCUT2D eigenvalue weighted by Gasteiger charge is -2.17. The zero-order chi connectivity index (χ0) is 30.9. The number of rotatable bonds is 10. The molecular formula is C27H35N3O12. The SMILES string of the molecule is CC[NH+](CCCn1c[nH+]c2ccccc2c1=O)CCc1ccc(OC)c(OC)c1.O.O=C([O-])C(=O)O.O=C([O-])C(=O)O. The Balaban J connectivity index is 0.00000109. The first-order valence-corrected chi connectivity index (χ1v) is 12.4. The number of carboxylic acids is 4. The number of aromatic amines is 1.